The maximum atomic E-state index is 12.1. The molecule has 0 radical (unpaired) electrons. The Labute approximate surface area is 122 Å². The smallest absolute Gasteiger partial charge is 0.412 e. The molecule has 1 rings (SSSR count). The first-order valence-corrected chi connectivity index (χ1v) is 7.13. The van der Waals surface area contributed by atoms with E-state index in [0.29, 0.717) is 0 Å². The van der Waals surface area contributed by atoms with Gasteiger partial charge in [-0.1, -0.05) is 19.9 Å². The number of aryl methyl sites for hydroxylation is 2. The van der Waals surface area contributed by atoms with Crippen molar-refractivity contribution in [3.8, 4) is 0 Å². The van der Waals surface area contributed by atoms with Gasteiger partial charge < -0.3 is 4.74 Å². The van der Waals surface area contributed by atoms with Gasteiger partial charge in [0, 0.05) is 0 Å². The first kappa shape index (κ1) is 16.5. The van der Waals surface area contributed by atoms with Crippen molar-refractivity contribution in [2.45, 2.75) is 61.0 Å². The van der Waals surface area contributed by atoms with Crippen molar-refractivity contribution in [3.05, 3.63) is 28.3 Å². The van der Waals surface area contributed by atoms with E-state index in [-0.39, 0.29) is 12.0 Å². The zero-order valence-electron chi connectivity index (χ0n) is 14.0. The number of anilines is 1. The minimum atomic E-state index is -0.481. The summed E-state index contributed by atoms with van der Waals surface area (Å²) in [4.78, 5) is 12.1. The van der Waals surface area contributed by atoms with E-state index in [2.05, 4.69) is 25.2 Å². The molecule has 0 atom stereocenters. The number of nitrogens with one attached hydrogen (secondary N) is 1. The highest BCUT2D eigenvalue weighted by atomic mass is 16.6. The lowest BCUT2D eigenvalue weighted by Gasteiger charge is -2.29. The van der Waals surface area contributed by atoms with E-state index in [1.807, 2.05) is 41.5 Å². The van der Waals surface area contributed by atoms with Crippen LogP contribution in [0.25, 0.3) is 0 Å². The Morgan fingerprint density at radius 3 is 1.95 bits per heavy atom. The van der Waals surface area contributed by atoms with Gasteiger partial charge in [0.05, 0.1) is 5.69 Å². The molecule has 3 nitrogen and oxygen atoms in total. The van der Waals surface area contributed by atoms with Gasteiger partial charge >= 0.3 is 6.09 Å². The molecule has 0 saturated heterocycles. The SMILES string of the molecule is Cc1cc(C)c(C)c(NC(=O)OC(C)(C)C(C)C)c1C. The maximum Gasteiger partial charge on any atom is 0.412 e. The molecule has 0 spiro atoms. The van der Waals surface area contributed by atoms with E-state index in [1.54, 1.807) is 0 Å². The van der Waals surface area contributed by atoms with Crippen molar-refractivity contribution in [3.63, 3.8) is 0 Å². The molecule has 0 heterocycles. The summed E-state index contributed by atoms with van der Waals surface area (Å²) < 4.78 is 5.54. The molecule has 0 unspecified atom stereocenters. The summed E-state index contributed by atoms with van der Waals surface area (Å²) in [5.41, 5.74) is 4.91. The van der Waals surface area contributed by atoms with Crippen molar-refractivity contribution >= 4 is 11.8 Å². The van der Waals surface area contributed by atoms with Crippen LogP contribution in [0.5, 0.6) is 0 Å². The highest BCUT2D eigenvalue weighted by molar-refractivity contribution is 5.87. The minimum Gasteiger partial charge on any atom is -0.443 e. The molecular formula is C17H27NO2. The zero-order valence-corrected chi connectivity index (χ0v) is 14.0. The summed E-state index contributed by atoms with van der Waals surface area (Å²) in [6.07, 6.45) is -0.389. The lowest BCUT2D eigenvalue weighted by atomic mass is 9.95. The third-order valence-electron chi connectivity index (χ3n) is 4.34. The van der Waals surface area contributed by atoms with Gasteiger partial charge in [0.2, 0.25) is 0 Å². The normalized spacial score (nSPS) is 11.7. The van der Waals surface area contributed by atoms with Gasteiger partial charge in [-0.15, -0.1) is 0 Å². The first-order valence-electron chi connectivity index (χ1n) is 7.13. The van der Waals surface area contributed by atoms with Gasteiger partial charge in [0.1, 0.15) is 5.60 Å². The number of amides is 1. The summed E-state index contributed by atoms with van der Waals surface area (Å²) in [7, 11) is 0. The summed E-state index contributed by atoms with van der Waals surface area (Å²) in [6.45, 7) is 16.1. The van der Waals surface area contributed by atoms with E-state index >= 15 is 0 Å². The van der Waals surface area contributed by atoms with Crippen LogP contribution in [0.4, 0.5) is 10.5 Å². The maximum absolute atomic E-state index is 12.1. The summed E-state index contributed by atoms with van der Waals surface area (Å²) >= 11 is 0. The second kappa shape index (κ2) is 5.86. The van der Waals surface area contributed by atoms with E-state index in [4.69, 9.17) is 4.74 Å². The highest BCUT2D eigenvalue weighted by Crippen LogP contribution is 2.28. The molecule has 0 saturated carbocycles. The van der Waals surface area contributed by atoms with Crippen LogP contribution in [-0.4, -0.2) is 11.7 Å². The van der Waals surface area contributed by atoms with Gasteiger partial charge in [-0.25, -0.2) is 4.79 Å². The molecule has 0 aliphatic heterocycles. The van der Waals surface area contributed by atoms with E-state index in [1.165, 1.54) is 11.1 Å². The topological polar surface area (TPSA) is 38.3 Å². The molecule has 3 heteroatoms. The predicted molar refractivity (Wildman–Crippen MR) is 84.4 cm³/mol. The Balaban J connectivity index is 2.98. The van der Waals surface area contributed by atoms with Gasteiger partial charge in [-0.05, 0) is 69.7 Å². The van der Waals surface area contributed by atoms with Crippen molar-refractivity contribution < 1.29 is 9.53 Å². The van der Waals surface area contributed by atoms with Crippen LogP contribution in [0.3, 0.4) is 0 Å². The molecule has 0 aliphatic rings. The number of hydrogen-bond acceptors (Lipinski definition) is 2. The highest BCUT2D eigenvalue weighted by Gasteiger charge is 2.27. The molecule has 1 N–H and O–H groups in total. The average Bonchev–Trinajstić information content (AvgIpc) is 2.31. The second-order valence-electron chi connectivity index (χ2n) is 6.41. The molecule has 1 amide bonds. The van der Waals surface area contributed by atoms with E-state index in [0.717, 1.165) is 16.8 Å². The third kappa shape index (κ3) is 3.53. The van der Waals surface area contributed by atoms with Crippen LogP contribution >= 0.6 is 0 Å². The molecule has 20 heavy (non-hydrogen) atoms. The monoisotopic (exact) mass is 277 g/mol. The Morgan fingerprint density at radius 2 is 1.55 bits per heavy atom. The number of carbonyl (C=O) groups is 1. The quantitative estimate of drug-likeness (QED) is 0.853. The van der Waals surface area contributed by atoms with Gasteiger partial charge in [0.25, 0.3) is 0 Å². The molecule has 0 aliphatic carbocycles. The lowest BCUT2D eigenvalue weighted by Crippen LogP contribution is -2.35. The van der Waals surface area contributed by atoms with Crippen LogP contribution < -0.4 is 5.32 Å². The van der Waals surface area contributed by atoms with Crippen LogP contribution in [0, 0.1) is 33.6 Å². The fourth-order valence-electron chi connectivity index (χ4n) is 1.89. The average molecular weight is 277 g/mol. The van der Waals surface area contributed by atoms with Gasteiger partial charge in [-0.2, -0.15) is 0 Å². The summed E-state index contributed by atoms with van der Waals surface area (Å²) in [5, 5.41) is 2.91. The van der Waals surface area contributed by atoms with E-state index < -0.39 is 5.60 Å². The molecule has 1 aromatic carbocycles. The Hall–Kier alpha value is -1.51. The molecular weight excluding hydrogens is 250 g/mol. The van der Waals surface area contributed by atoms with Crippen molar-refractivity contribution in [2.75, 3.05) is 5.32 Å². The number of rotatable bonds is 3. The van der Waals surface area contributed by atoms with E-state index in [9.17, 15) is 4.79 Å². The van der Waals surface area contributed by atoms with Gasteiger partial charge in [-0.3, -0.25) is 5.32 Å². The lowest BCUT2D eigenvalue weighted by molar-refractivity contribution is 0.0133. The molecule has 1 aromatic rings. The molecule has 0 fully saturated rings. The van der Waals surface area contributed by atoms with Crippen LogP contribution in [-0.2, 0) is 4.74 Å². The fourth-order valence-corrected chi connectivity index (χ4v) is 1.89. The number of ether oxygens (including phenoxy) is 1. The van der Waals surface area contributed by atoms with Crippen molar-refractivity contribution in [2.24, 2.45) is 5.92 Å². The third-order valence-corrected chi connectivity index (χ3v) is 4.34. The second-order valence-corrected chi connectivity index (χ2v) is 6.41. The zero-order chi connectivity index (χ0) is 15.7. The number of hydrogen-bond donors (Lipinski definition) is 1. The van der Waals surface area contributed by atoms with Crippen molar-refractivity contribution in [1.82, 2.24) is 0 Å². The molecule has 112 valence electrons. The first-order chi connectivity index (χ1) is 9.06. The van der Waals surface area contributed by atoms with Crippen LogP contribution in [0.2, 0.25) is 0 Å². The standard InChI is InChI=1S/C17H27NO2/c1-10(2)17(7,8)20-16(19)18-15-13(5)11(3)9-12(4)14(15)6/h9-10H,1-8H3,(H,18,19). The largest absolute Gasteiger partial charge is 0.443 e. The Kier molecular flexibility index (Phi) is 4.85. The van der Waals surface area contributed by atoms with Crippen molar-refractivity contribution in [1.29, 1.82) is 0 Å². The summed E-state index contributed by atoms with van der Waals surface area (Å²) in [6, 6.07) is 2.14. The molecule has 0 bridgehead atoms. The fraction of sp³-hybridized carbons (Fsp3) is 0.588. The Bertz CT molecular complexity index is 490. The Morgan fingerprint density at radius 1 is 1.10 bits per heavy atom. The number of benzene rings is 1. The van der Waals surface area contributed by atoms with Gasteiger partial charge in [0.15, 0.2) is 0 Å². The van der Waals surface area contributed by atoms with Crippen LogP contribution in [0.15, 0.2) is 6.07 Å². The summed E-state index contributed by atoms with van der Waals surface area (Å²) in [5.74, 6) is 0.259. The molecule has 0 aromatic heterocycles. The van der Waals surface area contributed by atoms with Crippen LogP contribution in [0.1, 0.15) is 49.9 Å². The number of carbonyl (C=O) groups excluding carboxylic acids is 1. The predicted octanol–water partition coefficient (Wildman–Crippen LogP) is 4.90. The minimum absolute atomic E-state index is 0.259.